The molecule has 0 aliphatic heterocycles. The lowest BCUT2D eigenvalue weighted by Crippen LogP contribution is -2.18. The Hall–Kier alpha value is -1.89. The van der Waals surface area contributed by atoms with E-state index < -0.39 is 10.0 Å². The van der Waals surface area contributed by atoms with Gasteiger partial charge >= 0.3 is 0 Å². The van der Waals surface area contributed by atoms with Crippen LogP contribution in [0.1, 0.15) is 11.1 Å². The van der Waals surface area contributed by atoms with Gasteiger partial charge in [0.15, 0.2) is 0 Å². The molecule has 0 fully saturated rings. The molecule has 0 aliphatic carbocycles. The first kappa shape index (κ1) is 16.5. The maximum absolute atomic E-state index is 11.4. The molecule has 0 aliphatic rings. The Morgan fingerprint density at radius 3 is 2.50 bits per heavy atom. The zero-order valence-electron chi connectivity index (χ0n) is 12.5. The van der Waals surface area contributed by atoms with E-state index in [9.17, 15) is 8.42 Å². The molecule has 0 unspecified atom stereocenters. The first-order valence-corrected chi connectivity index (χ1v) is 8.49. The lowest BCUT2D eigenvalue weighted by molar-refractivity contribution is 0.407. The summed E-state index contributed by atoms with van der Waals surface area (Å²) < 4.78 is 28.1. The molecule has 0 saturated heterocycles. The van der Waals surface area contributed by atoms with Crippen molar-refractivity contribution in [2.24, 2.45) is 5.14 Å². The van der Waals surface area contributed by atoms with Crippen LogP contribution in [0.3, 0.4) is 0 Å². The van der Waals surface area contributed by atoms with Crippen molar-refractivity contribution in [2.75, 3.05) is 13.7 Å². The first-order chi connectivity index (χ1) is 10.5. The maximum atomic E-state index is 11.4. The molecule has 0 amide bonds. The van der Waals surface area contributed by atoms with Crippen molar-refractivity contribution in [2.45, 2.75) is 17.9 Å². The van der Waals surface area contributed by atoms with Gasteiger partial charge in [0.1, 0.15) is 5.75 Å². The predicted octanol–water partition coefficient (Wildman–Crippen LogP) is 1.67. The van der Waals surface area contributed by atoms with Crippen LogP contribution in [0.2, 0.25) is 0 Å². The largest absolute Gasteiger partial charge is 0.496 e. The average molecular weight is 320 g/mol. The third-order valence-corrected chi connectivity index (χ3v) is 4.24. The molecule has 3 N–H and O–H groups in total. The Balaban J connectivity index is 1.99. The quantitative estimate of drug-likeness (QED) is 0.761. The smallest absolute Gasteiger partial charge is 0.238 e. The van der Waals surface area contributed by atoms with Gasteiger partial charge in [0.2, 0.25) is 10.0 Å². The number of nitrogens with one attached hydrogen (secondary N) is 1. The number of hydrogen-bond acceptors (Lipinski definition) is 4. The molecular weight excluding hydrogens is 300 g/mol. The molecule has 0 saturated carbocycles. The van der Waals surface area contributed by atoms with Gasteiger partial charge in [-0.3, -0.25) is 0 Å². The minimum atomic E-state index is -3.71. The van der Waals surface area contributed by atoms with E-state index in [1.165, 1.54) is 11.6 Å². The van der Waals surface area contributed by atoms with Crippen molar-refractivity contribution in [3.05, 3.63) is 59.7 Å². The Morgan fingerprint density at radius 1 is 1.14 bits per heavy atom. The van der Waals surface area contributed by atoms with E-state index in [0.29, 0.717) is 12.3 Å². The predicted molar refractivity (Wildman–Crippen MR) is 86.2 cm³/mol. The molecule has 0 radical (unpaired) electrons. The van der Waals surface area contributed by atoms with Gasteiger partial charge in [-0.25, -0.2) is 13.6 Å². The number of nitrogens with two attached hydrogens (primary N) is 1. The molecule has 5 nitrogen and oxygen atoms in total. The highest BCUT2D eigenvalue weighted by Gasteiger charge is 2.11. The number of hydrogen-bond donors (Lipinski definition) is 2. The topological polar surface area (TPSA) is 81.4 Å². The maximum Gasteiger partial charge on any atom is 0.238 e. The van der Waals surface area contributed by atoms with Gasteiger partial charge in [-0.15, -0.1) is 0 Å². The van der Waals surface area contributed by atoms with Gasteiger partial charge in [-0.2, -0.15) is 0 Å². The second kappa shape index (κ2) is 7.40. The molecule has 22 heavy (non-hydrogen) atoms. The Kier molecular flexibility index (Phi) is 5.54. The fourth-order valence-corrected chi connectivity index (χ4v) is 2.73. The normalized spacial score (nSPS) is 11.4. The summed E-state index contributed by atoms with van der Waals surface area (Å²) in [6, 6.07) is 14.8. The molecule has 2 aromatic carbocycles. The van der Waals surface area contributed by atoms with Gasteiger partial charge in [0, 0.05) is 12.1 Å². The highest BCUT2D eigenvalue weighted by atomic mass is 32.2. The summed E-state index contributed by atoms with van der Waals surface area (Å²) in [7, 11) is -2.15. The fourth-order valence-electron chi connectivity index (χ4n) is 2.17. The number of rotatable bonds is 7. The fraction of sp³-hybridized carbons (Fsp3) is 0.250. The van der Waals surface area contributed by atoms with E-state index in [1.54, 1.807) is 19.2 Å². The van der Waals surface area contributed by atoms with Gasteiger partial charge in [-0.05, 0) is 36.7 Å². The summed E-state index contributed by atoms with van der Waals surface area (Å²) in [6.07, 6.45) is 0.901. The Bertz CT molecular complexity index is 715. The van der Waals surface area contributed by atoms with Crippen LogP contribution in [0.15, 0.2) is 53.4 Å². The van der Waals surface area contributed by atoms with E-state index in [-0.39, 0.29) is 4.90 Å². The van der Waals surface area contributed by atoms with Crippen LogP contribution in [-0.4, -0.2) is 22.1 Å². The average Bonchev–Trinajstić information content (AvgIpc) is 2.51. The standard InChI is InChI=1S/C16H20N2O3S/c1-21-16-8-7-15(22(17,19)20)11-14(16)12-18-10-9-13-5-3-2-4-6-13/h2-8,11,18H,9-10,12H2,1H3,(H2,17,19,20). The third kappa shape index (κ3) is 4.56. The molecule has 0 bridgehead atoms. The Morgan fingerprint density at radius 2 is 1.86 bits per heavy atom. The van der Waals surface area contributed by atoms with Crippen LogP contribution in [-0.2, 0) is 23.0 Å². The van der Waals surface area contributed by atoms with Crippen LogP contribution in [0, 0.1) is 0 Å². The summed E-state index contributed by atoms with van der Waals surface area (Å²) in [6.45, 7) is 1.30. The third-order valence-electron chi connectivity index (χ3n) is 3.33. The van der Waals surface area contributed by atoms with E-state index in [4.69, 9.17) is 9.88 Å². The molecule has 118 valence electrons. The number of methoxy groups -OCH3 is 1. The molecule has 2 rings (SSSR count). The Labute approximate surface area is 131 Å². The van der Waals surface area contributed by atoms with Crippen molar-refractivity contribution >= 4 is 10.0 Å². The van der Waals surface area contributed by atoms with Gasteiger partial charge in [0.25, 0.3) is 0 Å². The second-order valence-electron chi connectivity index (χ2n) is 4.93. The molecule has 0 heterocycles. The number of sulfonamides is 1. The molecule has 6 heteroatoms. The zero-order chi connectivity index (χ0) is 16.0. The molecule has 0 atom stereocenters. The van der Waals surface area contributed by atoms with E-state index in [1.807, 2.05) is 18.2 Å². The van der Waals surface area contributed by atoms with Crippen LogP contribution in [0.25, 0.3) is 0 Å². The summed E-state index contributed by atoms with van der Waals surface area (Å²) in [5.41, 5.74) is 2.02. The minimum Gasteiger partial charge on any atom is -0.496 e. The van der Waals surface area contributed by atoms with Crippen LogP contribution < -0.4 is 15.2 Å². The van der Waals surface area contributed by atoms with Crippen molar-refractivity contribution < 1.29 is 13.2 Å². The van der Waals surface area contributed by atoms with Gasteiger partial charge in [-0.1, -0.05) is 30.3 Å². The monoisotopic (exact) mass is 320 g/mol. The van der Waals surface area contributed by atoms with Crippen molar-refractivity contribution in [1.29, 1.82) is 0 Å². The first-order valence-electron chi connectivity index (χ1n) is 6.95. The molecule has 2 aromatic rings. The van der Waals surface area contributed by atoms with Gasteiger partial charge in [0.05, 0.1) is 12.0 Å². The summed E-state index contributed by atoms with van der Waals surface area (Å²) in [4.78, 5) is 0.0909. The van der Waals surface area contributed by atoms with Crippen LogP contribution in [0.4, 0.5) is 0 Å². The van der Waals surface area contributed by atoms with Crippen molar-refractivity contribution in [3.8, 4) is 5.75 Å². The summed E-state index contributed by atoms with van der Waals surface area (Å²) in [5.74, 6) is 0.639. The van der Waals surface area contributed by atoms with Crippen molar-refractivity contribution in [1.82, 2.24) is 5.32 Å². The van der Waals surface area contributed by atoms with Crippen LogP contribution >= 0.6 is 0 Å². The SMILES string of the molecule is COc1ccc(S(N)(=O)=O)cc1CNCCc1ccccc1. The number of benzene rings is 2. The summed E-state index contributed by atoms with van der Waals surface area (Å²) >= 11 is 0. The lowest BCUT2D eigenvalue weighted by atomic mass is 10.1. The van der Waals surface area contributed by atoms with E-state index in [0.717, 1.165) is 18.5 Å². The molecule has 0 spiro atoms. The second-order valence-corrected chi connectivity index (χ2v) is 6.49. The number of primary sulfonamides is 1. The highest BCUT2D eigenvalue weighted by Crippen LogP contribution is 2.21. The molecular formula is C16H20N2O3S. The summed E-state index contributed by atoms with van der Waals surface area (Å²) in [5, 5.41) is 8.45. The van der Waals surface area contributed by atoms with Crippen molar-refractivity contribution in [3.63, 3.8) is 0 Å². The lowest BCUT2D eigenvalue weighted by Gasteiger charge is -2.11. The van der Waals surface area contributed by atoms with Crippen LogP contribution in [0.5, 0.6) is 5.75 Å². The van der Waals surface area contributed by atoms with E-state index >= 15 is 0 Å². The molecule has 0 aromatic heterocycles. The number of ether oxygens (including phenoxy) is 1. The minimum absolute atomic E-state index is 0.0909. The highest BCUT2D eigenvalue weighted by molar-refractivity contribution is 7.89. The van der Waals surface area contributed by atoms with E-state index in [2.05, 4.69) is 17.4 Å². The zero-order valence-corrected chi connectivity index (χ0v) is 13.3. The van der Waals surface area contributed by atoms with Gasteiger partial charge < -0.3 is 10.1 Å².